The highest BCUT2D eigenvalue weighted by molar-refractivity contribution is 5.87. The minimum Gasteiger partial charge on any atom is -0.477 e. The van der Waals surface area contributed by atoms with Gasteiger partial charge < -0.3 is 9.67 Å². The molecule has 0 bridgehead atoms. The van der Waals surface area contributed by atoms with E-state index in [4.69, 9.17) is 5.11 Å². The molecule has 1 aromatic carbocycles. The second kappa shape index (κ2) is 4.64. The van der Waals surface area contributed by atoms with Crippen LogP contribution >= 0.6 is 0 Å². The molecule has 1 aromatic heterocycles. The van der Waals surface area contributed by atoms with E-state index >= 15 is 0 Å². The third kappa shape index (κ3) is 2.14. The van der Waals surface area contributed by atoms with Crippen LogP contribution in [0, 0.1) is 5.82 Å². The van der Waals surface area contributed by atoms with Gasteiger partial charge in [-0.3, -0.25) is 0 Å². The molecule has 2 rings (SSSR count). The fraction of sp³-hybridized carbons (Fsp3) is 0.214. The maximum atomic E-state index is 13.2. The number of halogens is 1. The highest BCUT2D eigenvalue weighted by Gasteiger charge is 2.17. The summed E-state index contributed by atoms with van der Waals surface area (Å²) in [6.07, 6.45) is 0. The van der Waals surface area contributed by atoms with Crippen molar-refractivity contribution in [3.63, 3.8) is 0 Å². The maximum Gasteiger partial charge on any atom is 0.352 e. The first-order valence-electron chi connectivity index (χ1n) is 5.71. The molecule has 3 nitrogen and oxygen atoms in total. The monoisotopic (exact) mass is 247 g/mol. The van der Waals surface area contributed by atoms with E-state index in [1.54, 1.807) is 28.8 Å². The number of rotatable bonds is 3. The van der Waals surface area contributed by atoms with Crippen molar-refractivity contribution in [2.75, 3.05) is 0 Å². The molecule has 0 radical (unpaired) electrons. The third-order valence-electron chi connectivity index (χ3n) is 2.77. The van der Waals surface area contributed by atoms with E-state index in [2.05, 4.69) is 0 Å². The molecule has 4 heteroatoms. The fourth-order valence-electron chi connectivity index (χ4n) is 2.06. The Bertz CT molecular complexity index is 587. The first kappa shape index (κ1) is 12.4. The molecule has 0 atom stereocenters. The number of carbonyl (C=O) groups is 1. The molecule has 0 spiro atoms. The van der Waals surface area contributed by atoms with Crippen molar-refractivity contribution in [2.24, 2.45) is 0 Å². The molecule has 2 aromatic rings. The summed E-state index contributed by atoms with van der Waals surface area (Å²) >= 11 is 0. The van der Waals surface area contributed by atoms with Gasteiger partial charge in [0.2, 0.25) is 0 Å². The van der Waals surface area contributed by atoms with E-state index in [-0.39, 0.29) is 17.6 Å². The number of hydrogen-bond acceptors (Lipinski definition) is 1. The van der Waals surface area contributed by atoms with E-state index in [0.717, 1.165) is 0 Å². The standard InChI is InChI=1S/C14H14FNO2/c1-9(2)16-12(6-7-13(16)14(17)18)10-4-3-5-11(15)8-10/h3-9H,1-2H3,(H,17,18). The number of nitrogens with zero attached hydrogens (tertiary/aromatic N) is 1. The number of hydrogen-bond donors (Lipinski definition) is 1. The Hall–Kier alpha value is -2.10. The van der Waals surface area contributed by atoms with Crippen LogP contribution in [-0.2, 0) is 0 Å². The van der Waals surface area contributed by atoms with Crippen LogP contribution in [0.5, 0.6) is 0 Å². The van der Waals surface area contributed by atoms with Gasteiger partial charge in [-0.15, -0.1) is 0 Å². The molecular formula is C14H14FNO2. The second-order valence-electron chi connectivity index (χ2n) is 4.38. The predicted molar refractivity (Wildman–Crippen MR) is 67.2 cm³/mol. The van der Waals surface area contributed by atoms with Crippen LogP contribution in [0.4, 0.5) is 4.39 Å². The van der Waals surface area contributed by atoms with Crippen LogP contribution in [0.25, 0.3) is 11.3 Å². The van der Waals surface area contributed by atoms with Crippen molar-refractivity contribution >= 4 is 5.97 Å². The van der Waals surface area contributed by atoms with Gasteiger partial charge in [-0.25, -0.2) is 9.18 Å². The lowest BCUT2D eigenvalue weighted by atomic mass is 10.1. The summed E-state index contributed by atoms with van der Waals surface area (Å²) in [4.78, 5) is 11.1. The van der Waals surface area contributed by atoms with E-state index < -0.39 is 5.97 Å². The Morgan fingerprint density at radius 1 is 1.28 bits per heavy atom. The summed E-state index contributed by atoms with van der Waals surface area (Å²) in [6, 6.07) is 9.39. The van der Waals surface area contributed by atoms with Gasteiger partial charge >= 0.3 is 5.97 Å². The third-order valence-corrected chi connectivity index (χ3v) is 2.77. The molecule has 0 saturated heterocycles. The maximum absolute atomic E-state index is 13.2. The van der Waals surface area contributed by atoms with Gasteiger partial charge in [0.05, 0.1) is 0 Å². The Balaban J connectivity index is 2.61. The van der Waals surface area contributed by atoms with Gasteiger partial charge in [0.25, 0.3) is 0 Å². The number of carboxylic acid groups (broad SMARTS) is 1. The van der Waals surface area contributed by atoms with Crippen LogP contribution in [0.15, 0.2) is 36.4 Å². The van der Waals surface area contributed by atoms with Gasteiger partial charge in [0.1, 0.15) is 11.5 Å². The molecular weight excluding hydrogens is 233 g/mol. The zero-order chi connectivity index (χ0) is 13.3. The van der Waals surface area contributed by atoms with Crippen LogP contribution < -0.4 is 0 Å². The fourth-order valence-corrected chi connectivity index (χ4v) is 2.06. The highest BCUT2D eigenvalue weighted by Crippen LogP contribution is 2.26. The summed E-state index contributed by atoms with van der Waals surface area (Å²) in [7, 11) is 0. The first-order valence-corrected chi connectivity index (χ1v) is 5.71. The van der Waals surface area contributed by atoms with Gasteiger partial charge in [-0.2, -0.15) is 0 Å². The Labute approximate surface area is 104 Å². The van der Waals surface area contributed by atoms with Crippen molar-refractivity contribution in [2.45, 2.75) is 19.9 Å². The number of aromatic carboxylic acids is 1. The number of carboxylic acids is 1. The van der Waals surface area contributed by atoms with Crippen molar-refractivity contribution in [1.82, 2.24) is 4.57 Å². The Kier molecular flexibility index (Phi) is 3.19. The molecule has 18 heavy (non-hydrogen) atoms. The SMILES string of the molecule is CC(C)n1c(C(=O)O)ccc1-c1cccc(F)c1. The number of aromatic nitrogens is 1. The predicted octanol–water partition coefficient (Wildman–Crippen LogP) is 3.57. The highest BCUT2D eigenvalue weighted by atomic mass is 19.1. The van der Waals surface area contributed by atoms with Gasteiger partial charge in [-0.1, -0.05) is 12.1 Å². The van der Waals surface area contributed by atoms with Crippen LogP contribution in [0.2, 0.25) is 0 Å². The van der Waals surface area contributed by atoms with Crippen molar-refractivity contribution < 1.29 is 14.3 Å². The van der Waals surface area contributed by atoms with E-state index in [0.29, 0.717) is 11.3 Å². The summed E-state index contributed by atoms with van der Waals surface area (Å²) < 4.78 is 14.9. The summed E-state index contributed by atoms with van der Waals surface area (Å²) in [6.45, 7) is 3.80. The molecule has 0 aliphatic rings. The normalized spacial score (nSPS) is 10.9. The molecule has 0 amide bonds. The minimum atomic E-state index is -0.980. The zero-order valence-electron chi connectivity index (χ0n) is 10.2. The van der Waals surface area contributed by atoms with Crippen molar-refractivity contribution in [3.05, 3.63) is 47.9 Å². The molecule has 94 valence electrons. The average molecular weight is 247 g/mol. The molecule has 0 fully saturated rings. The van der Waals surface area contributed by atoms with E-state index in [1.165, 1.54) is 12.1 Å². The lowest BCUT2D eigenvalue weighted by Gasteiger charge is -2.15. The first-order chi connectivity index (χ1) is 8.50. The van der Waals surface area contributed by atoms with E-state index in [1.807, 2.05) is 13.8 Å². The van der Waals surface area contributed by atoms with Crippen LogP contribution in [0.3, 0.4) is 0 Å². The number of benzene rings is 1. The molecule has 1 heterocycles. The molecule has 0 aliphatic carbocycles. The molecule has 0 saturated carbocycles. The topological polar surface area (TPSA) is 42.2 Å². The largest absolute Gasteiger partial charge is 0.477 e. The van der Waals surface area contributed by atoms with E-state index in [9.17, 15) is 9.18 Å². The molecule has 0 unspecified atom stereocenters. The summed E-state index contributed by atoms with van der Waals surface area (Å²) in [5.74, 6) is -1.31. The smallest absolute Gasteiger partial charge is 0.352 e. The van der Waals surface area contributed by atoms with Crippen LogP contribution in [-0.4, -0.2) is 15.6 Å². The molecule has 1 N–H and O–H groups in total. The lowest BCUT2D eigenvalue weighted by Crippen LogP contribution is -2.11. The van der Waals surface area contributed by atoms with Crippen molar-refractivity contribution in [3.8, 4) is 11.3 Å². The van der Waals surface area contributed by atoms with Crippen molar-refractivity contribution in [1.29, 1.82) is 0 Å². The average Bonchev–Trinajstić information content (AvgIpc) is 2.73. The summed E-state index contributed by atoms with van der Waals surface area (Å²) in [5.41, 5.74) is 1.60. The quantitative estimate of drug-likeness (QED) is 0.900. The minimum absolute atomic E-state index is 0.00985. The van der Waals surface area contributed by atoms with Gasteiger partial charge in [0.15, 0.2) is 0 Å². The van der Waals surface area contributed by atoms with Crippen LogP contribution in [0.1, 0.15) is 30.4 Å². The second-order valence-corrected chi connectivity index (χ2v) is 4.38. The Morgan fingerprint density at radius 2 is 2.00 bits per heavy atom. The molecule has 0 aliphatic heterocycles. The Morgan fingerprint density at radius 3 is 2.56 bits per heavy atom. The van der Waals surface area contributed by atoms with Gasteiger partial charge in [0, 0.05) is 17.3 Å². The zero-order valence-corrected chi connectivity index (χ0v) is 10.2. The lowest BCUT2D eigenvalue weighted by molar-refractivity contribution is 0.0683. The summed E-state index contributed by atoms with van der Waals surface area (Å²) in [5, 5.41) is 9.13. The van der Waals surface area contributed by atoms with Gasteiger partial charge in [-0.05, 0) is 38.1 Å².